The van der Waals surface area contributed by atoms with Gasteiger partial charge in [0.15, 0.2) is 5.96 Å². The van der Waals surface area contributed by atoms with Gasteiger partial charge in [-0.2, -0.15) is 0 Å². The van der Waals surface area contributed by atoms with Crippen molar-refractivity contribution in [2.24, 2.45) is 4.99 Å². The van der Waals surface area contributed by atoms with Crippen molar-refractivity contribution in [2.75, 3.05) is 33.2 Å². The Balaban J connectivity index is 1.34. The number of nitrogens with one attached hydrogen (secondary N) is 3. The minimum absolute atomic E-state index is 0.763. The molecular formula is C21H34N6. The number of aromatic amines is 1. The van der Waals surface area contributed by atoms with Gasteiger partial charge in [0.25, 0.3) is 0 Å². The number of hydrogen-bond acceptors (Lipinski definition) is 3. The molecule has 0 saturated carbocycles. The van der Waals surface area contributed by atoms with E-state index in [-0.39, 0.29) is 0 Å². The number of hydrogen-bond donors (Lipinski definition) is 3. The summed E-state index contributed by atoms with van der Waals surface area (Å²) >= 11 is 0. The van der Waals surface area contributed by atoms with E-state index < -0.39 is 0 Å². The van der Waals surface area contributed by atoms with Crippen molar-refractivity contribution in [2.45, 2.75) is 51.5 Å². The monoisotopic (exact) mass is 370 g/mol. The molecule has 1 fully saturated rings. The molecule has 3 N–H and O–H groups in total. The maximum Gasteiger partial charge on any atom is 0.191 e. The Kier molecular flexibility index (Phi) is 7.51. The molecule has 2 heterocycles. The smallest absolute Gasteiger partial charge is 0.191 e. The van der Waals surface area contributed by atoms with Gasteiger partial charge in [0, 0.05) is 39.1 Å². The lowest BCUT2D eigenvalue weighted by molar-refractivity contribution is 0.147. The third-order valence-electron chi connectivity index (χ3n) is 5.46. The average Bonchev–Trinajstić information content (AvgIpc) is 3.13. The summed E-state index contributed by atoms with van der Waals surface area (Å²) in [5, 5.41) is 6.87. The number of fused-ring (bicyclic) bond motifs is 1. The fourth-order valence-corrected chi connectivity index (χ4v) is 3.94. The fraction of sp³-hybridized carbons (Fsp3) is 0.619. The highest BCUT2D eigenvalue weighted by Gasteiger charge is 2.19. The van der Waals surface area contributed by atoms with Crippen molar-refractivity contribution in [3.8, 4) is 0 Å². The molecule has 0 spiro atoms. The molecule has 6 heteroatoms. The van der Waals surface area contributed by atoms with Gasteiger partial charge in [-0.15, -0.1) is 0 Å². The molecule has 148 valence electrons. The lowest BCUT2D eigenvalue weighted by Gasteiger charge is -2.35. The molecule has 1 aliphatic rings. The topological polar surface area (TPSA) is 68.3 Å². The summed E-state index contributed by atoms with van der Waals surface area (Å²) in [4.78, 5) is 15.0. The Labute approximate surface area is 162 Å². The maximum atomic E-state index is 4.63. The fourth-order valence-electron chi connectivity index (χ4n) is 3.94. The van der Waals surface area contributed by atoms with Crippen LogP contribution in [-0.2, 0) is 6.42 Å². The van der Waals surface area contributed by atoms with E-state index >= 15 is 0 Å². The predicted molar refractivity (Wildman–Crippen MR) is 113 cm³/mol. The molecule has 1 aromatic heterocycles. The molecule has 1 atom stereocenters. The third-order valence-corrected chi connectivity index (χ3v) is 5.46. The van der Waals surface area contributed by atoms with Crippen molar-refractivity contribution in [1.29, 1.82) is 0 Å². The zero-order valence-corrected chi connectivity index (χ0v) is 16.8. The van der Waals surface area contributed by atoms with Crippen LogP contribution in [0.15, 0.2) is 29.3 Å². The van der Waals surface area contributed by atoms with Crippen LogP contribution in [0.3, 0.4) is 0 Å². The van der Waals surface area contributed by atoms with Gasteiger partial charge in [-0.1, -0.05) is 25.5 Å². The largest absolute Gasteiger partial charge is 0.356 e. The highest BCUT2D eigenvalue weighted by atomic mass is 15.2. The molecule has 6 nitrogen and oxygen atoms in total. The van der Waals surface area contributed by atoms with E-state index in [4.69, 9.17) is 0 Å². The van der Waals surface area contributed by atoms with E-state index in [0.717, 1.165) is 61.3 Å². The number of benzene rings is 1. The first-order chi connectivity index (χ1) is 13.3. The van der Waals surface area contributed by atoms with Crippen LogP contribution in [-0.4, -0.2) is 60.1 Å². The molecule has 0 radical (unpaired) electrons. The van der Waals surface area contributed by atoms with Gasteiger partial charge in [-0.25, -0.2) is 4.98 Å². The molecular weight excluding hydrogens is 336 g/mol. The molecule has 1 saturated heterocycles. The summed E-state index contributed by atoms with van der Waals surface area (Å²) in [6.45, 7) is 6.47. The lowest BCUT2D eigenvalue weighted by atomic mass is 10.0. The minimum Gasteiger partial charge on any atom is -0.356 e. The molecule has 1 unspecified atom stereocenters. The zero-order chi connectivity index (χ0) is 18.9. The second-order valence-corrected chi connectivity index (χ2v) is 7.32. The van der Waals surface area contributed by atoms with E-state index in [1.54, 1.807) is 0 Å². The summed E-state index contributed by atoms with van der Waals surface area (Å²) in [7, 11) is 1.84. The average molecular weight is 371 g/mol. The third kappa shape index (κ3) is 5.70. The van der Waals surface area contributed by atoms with Gasteiger partial charge >= 0.3 is 0 Å². The van der Waals surface area contributed by atoms with Crippen LogP contribution in [0.4, 0.5) is 0 Å². The number of aromatic nitrogens is 2. The van der Waals surface area contributed by atoms with Crippen LogP contribution in [0.2, 0.25) is 0 Å². The standard InChI is InChI=1S/C21H34N6/c1-3-17-9-6-7-15-27(17)16-14-24-21(22-2)23-13-8-12-20-25-18-10-4-5-11-19(18)26-20/h4-5,10-11,17H,3,6-9,12-16H2,1-2H3,(H,25,26)(H2,22,23,24). The molecule has 0 aliphatic carbocycles. The second-order valence-electron chi connectivity index (χ2n) is 7.32. The Bertz CT molecular complexity index is 689. The van der Waals surface area contributed by atoms with E-state index in [9.17, 15) is 0 Å². The maximum absolute atomic E-state index is 4.63. The van der Waals surface area contributed by atoms with Crippen LogP contribution in [0.5, 0.6) is 0 Å². The number of nitrogens with zero attached hydrogens (tertiary/aromatic N) is 3. The van der Waals surface area contributed by atoms with Gasteiger partial charge in [-0.3, -0.25) is 9.89 Å². The molecule has 3 rings (SSSR count). The number of aryl methyl sites for hydroxylation is 1. The van der Waals surface area contributed by atoms with Gasteiger partial charge in [0.05, 0.1) is 11.0 Å². The normalized spacial score (nSPS) is 18.7. The first-order valence-corrected chi connectivity index (χ1v) is 10.4. The molecule has 2 aromatic rings. The number of likely N-dealkylation sites (tertiary alicyclic amines) is 1. The van der Waals surface area contributed by atoms with Crippen LogP contribution in [0.25, 0.3) is 11.0 Å². The SMILES string of the molecule is CCC1CCCCN1CCNC(=NC)NCCCc1nc2ccccc2[nH]1. The number of piperidine rings is 1. The molecule has 1 aliphatic heterocycles. The number of para-hydroxylation sites is 2. The van der Waals surface area contributed by atoms with Crippen LogP contribution < -0.4 is 10.6 Å². The van der Waals surface area contributed by atoms with Crippen LogP contribution >= 0.6 is 0 Å². The van der Waals surface area contributed by atoms with Crippen molar-refractivity contribution in [3.05, 3.63) is 30.1 Å². The first-order valence-electron chi connectivity index (χ1n) is 10.4. The van der Waals surface area contributed by atoms with E-state index in [1.807, 2.05) is 25.2 Å². The van der Waals surface area contributed by atoms with E-state index in [1.165, 1.54) is 32.2 Å². The van der Waals surface area contributed by atoms with Gasteiger partial charge in [0.1, 0.15) is 5.82 Å². The number of imidazole rings is 1. The summed E-state index contributed by atoms with van der Waals surface area (Å²) in [6.07, 6.45) is 7.29. The van der Waals surface area contributed by atoms with Gasteiger partial charge in [0.2, 0.25) is 0 Å². The van der Waals surface area contributed by atoms with Gasteiger partial charge in [-0.05, 0) is 44.4 Å². The minimum atomic E-state index is 0.763. The van der Waals surface area contributed by atoms with Crippen molar-refractivity contribution < 1.29 is 0 Å². The Hall–Kier alpha value is -2.08. The quantitative estimate of drug-likeness (QED) is 0.380. The van der Waals surface area contributed by atoms with Gasteiger partial charge < -0.3 is 15.6 Å². The molecule has 1 aromatic carbocycles. The first kappa shape index (κ1) is 19.7. The van der Waals surface area contributed by atoms with E-state index in [2.05, 4.69) is 43.5 Å². The molecule has 27 heavy (non-hydrogen) atoms. The zero-order valence-electron chi connectivity index (χ0n) is 16.8. The summed E-state index contributed by atoms with van der Waals surface area (Å²) in [5.41, 5.74) is 2.15. The highest BCUT2D eigenvalue weighted by molar-refractivity contribution is 5.79. The Morgan fingerprint density at radius 1 is 1.26 bits per heavy atom. The summed E-state index contributed by atoms with van der Waals surface area (Å²) in [5.74, 6) is 1.95. The van der Waals surface area contributed by atoms with Crippen molar-refractivity contribution in [1.82, 2.24) is 25.5 Å². The predicted octanol–water partition coefficient (Wildman–Crippen LogP) is 2.93. The highest BCUT2D eigenvalue weighted by Crippen LogP contribution is 2.18. The van der Waals surface area contributed by atoms with E-state index in [0.29, 0.717) is 0 Å². The number of rotatable bonds is 8. The molecule has 0 bridgehead atoms. The van der Waals surface area contributed by atoms with Crippen LogP contribution in [0, 0.1) is 0 Å². The molecule has 0 amide bonds. The lowest BCUT2D eigenvalue weighted by Crippen LogP contribution is -2.46. The summed E-state index contributed by atoms with van der Waals surface area (Å²) < 4.78 is 0. The number of guanidine groups is 1. The van der Waals surface area contributed by atoms with Crippen LogP contribution in [0.1, 0.15) is 44.9 Å². The van der Waals surface area contributed by atoms with Crippen molar-refractivity contribution in [3.63, 3.8) is 0 Å². The summed E-state index contributed by atoms with van der Waals surface area (Å²) in [6, 6.07) is 8.94. The number of aliphatic imine (C=N–C) groups is 1. The Morgan fingerprint density at radius 3 is 2.93 bits per heavy atom. The Morgan fingerprint density at radius 2 is 2.11 bits per heavy atom. The number of H-pyrrole nitrogens is 1. The second kappa shape index (κ2) is 10.3. The van der Waals surface area contributed by atoms with Crippen molar-refractivity contribution >= 4 is 17.0 Å².